The molecular weight excluding hydrogens is 350 g/mol. The van der Waals surface area contributed by atoms with E-state index in [0.717, 1.165) is 26.4 Å². The van der Waals surface area contributed by atoms with Gasteiger partial charge in [0, 0.05) is 9.37 Å². The van der Waals surface area contributed by atoms with Crippen LogP contribution in [0.2, 0.25) is 0 Å². The first kappa shape index (κ1) is 15.9. The quantitative estimate of drug-likeness (QED) is 0.792. The molecule has 0 saturated carbocycles. The molecule has 0 atom stereocenters. The van der Waals surface area contributed by atoms with Gasteiger partial charge in [-0.2, -0.15) is 0 Å². The van der Waals surface area contributed by atoms with E-state index in [0.29, 0.717) is 5.75 Å². The van der Waals surface area contributed by atoms with Crippen LogP contribution in [0.15, 0.2) is 51.8 Å². The van der Waals surface area contributed by atoms with Crippen LogP contribution in [0.3, 0.4) is 0 Å². The van der Waals surface area contributed by atoms with Crippen molar-refractivity contribution in [2.45, 2.75) is 11.8 Å². The summed E-state index contributed by atoms with van der Waals surface area (Å²) >= 11 is 4.95. The smallest absolute Gasteiger partial charge is 0.234 e. The molecule has 1 amide bonds. The topological polar surface area (TPSA) is 38.3 Å². The maximum Gasteiger partial charge on any atom is 0.234 e. The van der Waals surface area contributed by atoms with Gasteiger partial charge < -0.3 is 10.1 Å². The number of benzene rings is 2. The molecule has 0 saturated heterocycles. The van der Waals surface area contributed by atoms with Crippen LogP contribution in [0, 0.1) is 6.92 Å². The van der Waals surface area contributed by atoms with E-state index in [1.54, 1.807) is 7.11 Å². The van der Waals surface area contributed by atoms with Crippen LogP contribution >= 0.6 is 27.7 Å². The fraction of sp³-hybridized carbons (Fsp3) is 0.188. The number of hydrogen-bond acceptors (Lipinski definition) is 3. The van der Waals surface area contributed by atoms with Gasteiger partial charge in [0.15, 0.2) is 0 Å². The van der Waals surface area contributed by atoms with Crippen LogP contribution in [0.25, 0.3) is 0 Å². The number of halogens is 1. The minimum Gasteiger partial charge on any atom is -0.497 e. The van der Waals surface area contributed by atoms with Crippen LogP contribution in [0.5, 0.6) is 5.75 Å². The lowest BCUT2D eigenvalue weighted by atomic mass is 10.2. The summed E-state index contributed by atoms with van der Waals surface area (Å²) in [4.78, 5) is 13.0. The molecule has 21 heavy (non-hydrogen) atoms. The summed E-state index contributed by atoms with van der Waals surface area (Å²) in [6.45, 7) is 2.01. The predicted octanol–water partition coefficient (Wildman–Crippen LogP) is 4.50. The number of hydrogen-bond donors (Lipinski definition) is 1. The molecule has 5 heteroatoms. The third kappa shape index (κ3) is 4.79. The number of methoxy groups -OCH3 is 1. The molecule has 0 fully saturated rings. The SMILES string of the molecule is COc1ccc(SCC(=O)Nc2ccc(C)cc2Br)cc1. The van der Waals surface area contributed by atoms with Crippen LogP contribution < -0.4 is 10.1 Å². The maximum atomic E-state index is 12.0. The third-order valence-electron chi connectivity index (χ3n) is 2.83. The predicted molar refractivity (Wildman–Crippen MR) is 91.2 cm³/mol. The van der Waals surface area contributed by atoms with Crippen LogP contribution in [0.4, 0.5) is 5.69 Å². The van der Waals surface area contributed by atoms with Crippen molar-refractivity contribution in [1.82, 2.24) is 0 Å². The second kappa shape index (κ2) is 7.52. The first-order valence-electron chi connectivity index (χ1n) is 6.41. The van der Waals surface area contributed by atoms with Gasteiger partial charge in [-0.3, -0.25) is 4.79 Å². The molecule has 2 aromatic rings. The molecule has 1 N–H and O–H groups in total. The van der Waals surface area contributed by atoms with Crippen molar-refractivity contribution in [1.29, 1.82) is 0 Å². The average Bonchev–Trinajstić information content (AvgIpc) is 2.48. The van der Waals surface area contributed by atoms with Crippen molar-refractivity contribution in [3.63, 3.8) is 0 Å². The Balaban J connectivity index is 1.89. The Morgan fingerprint density at radius 3 is 2.57 bits per heavy atom. The maximum absolute atomic E-state index is 12.0. The van der Waals surface area contributed by atoms with E-state index in [1.165, 1.54) is 11.8 Å². The van der Waals surface area contributed by atoms with E-state index in [9.17, 15) is 4.79 Å². The van der Waals surface area contributed by atoms with E-state index in [2.05, 4.69) is 21.2 Å². The average molecular weight is 366 g/mol. The van der Waals surface area contributed by atoms with Gasteiger partial charge in [-0.1, -0.05) is 6.07 Å². The first-order valence-corrected chi connectivity index (χ1v) is 8.19. The highest BCUT2D eigenvalue weighted by atomic mass is 79.9. The van der Waals surface area contributed by atoms with Gasteiger partial charge in [0.1, 0.15) is 5.75 Å². The fourth-order valence-electron chi connectivity index (χ4n) is 1.73. The summed E-state index contributed by atoms with van der Waals surface area (Å²) < 4.78 is 6.00. The van der Waals surface area contributed by atoms with Gasteiger partial charge in [-0.25, -0.2) is 0 Å². The Morgan fingerprint density at radius 2 is 1.95 bits per heavy atom. The van der Waals surface area contributed by atoms with Gasteiger partial charge in [-0.05, 0) is 64.8 Å². The lowest BCUT2D eigenvalue weighted by molar-refractivity contribution is -0.113. The van der Waals surface area contributed by atoms with E-state index >= 15 is 0 Å². The summed E-state index contributed by atoms with van der Waals surface area (Å²) in [5.41, 5.74) is 1.94. The van der Waals surface area contributed by atoms with Crippen molar-refractivity contribution < 1.29 is 9.53 Å². The fourth-order valence-corrected chi connectivity index (χ4v) is 3.02. The molecule has 0 radical (unpaired) electrons. The summed E-state index contributed by atoms with van der Waals surface area (Å²) in [6.07, 6.45) is 0. The lowest BCUT2D eigenvalue weighted by Gasteiger charge is -2.08. The summed E-state index contributed by atoms with van der Waals surface area (Å²) in [7, 11) is 1.63. The molecule has 0 aliphatic heterocycles. The van der Waals surface area contributed by atoms with E-state index in [4.69, 9.17) is 4.74 Å². The molecule has 0 heterocycles. The minimum atomic E-state index is -0.0274. The lowest BCUT2D eigenvalue weighted by Crippen LogP contribution is -2.14. The molecule has 0 aliphatic rings. The number of nitrogens with one attached hydrogen (secondary N) is 1. The Hall–Kier alpha value is -1.46. The number of rotatable bonds is 5. The number of ether oxygens (including phenoxy) is 1. The second-order valence-electron chi connectivity index (χ2n) is 4.50. The Labute approximate surface area is 137 Å². The summed E-state index contributed by atoms with van der Waals surface area (Å²) in [6, 6.07) is 13.5. The third-order valence-corrected chi connectivity index (χ3v) is 4.50. The molecule has 110 valence electrons. The van der Waals surface area contributed by atoms with Crippen molar-refractivity contribution >= 4 is 39.3 Å². The zero-order valence-corrected chi connectivity index (χ0v) is 14.3. The summed E-state index contributed by atoms with van der Waals surface area (Å²) in [5.74, 6) is 1.15. The molecular formula is C16H16BrNO2S. The van der Waals surface area contributed by atoms with Crippen LogP contribution in [-0.4, -0.2) is 18.8 Å². The van der Waals surface area contributed by atoms with E-state index in [1.807, 2.05) is 49.4 Å². The molecule has 3 nitrogen and oxygen atoms in total. The number of thioether (sulfide) groups is 1. The zero-order valence-electron chi connectivity index (χ0n) is 11.9. The van der Waals surface area contributed by atoms with Gasteiger partial charge in [-0.15, -0.1) is 11.8 Å². The molecule has 0 aromatic heterocycles. The zero-order chi connectivity index (χ0) is 15.2. The number of aryl methyl sites for hydroxylation is 1. The Morgan fingerprint density at radius 1 is 1.24 bits per heavy atom. The molecule has 0 bridgehead atoms. The molecule has 2 rings (SSSR count). The second-order valence-corrected chi connectivity index (χ2v) is 6.40. The van der Waals surface area contributed by atoms with Crippen molar-refractivity contribution in [3.05, 3.63) is 52.5 Å². The van der Waals surface area contributed by atoms with Crippen molar-refractivity contribution in [2.24, 2.45) is 0 Å². The highest BCUT2D eigenvalue weighted by Crippen LogP contribution is 2.25. The highest BCUT2D eigenvalue weighted by Gasteiger charge is 2.06. The van der Waals surface area contributed by atoms with Crippen LogP contribution in [0.1, 0.15) is 5.56 Å². The van der Waals surface area contributed by atoms with Gasteiger partial charge in [0.05, 0.1) is 18.6 Å². The monoisotopic (exact) mass is 365 g/mol. The first-order chi connectivity index (χ1) is 10.1. The van der Waals surface area contributed by atoms with E-state index in [-0.39, 0.29) is 5.91 Å². The Bertz CT molecular complexity index is 629. The largest absolute Gasteiger partial charge is 0.497 e. The molecule has 0 spiro atoms. The Kier molecular flexibility index (Phi) is 5.70. The number of carbonyl (C=O) groups excluding carboxylic acids is 1. The standard InChI is InChI=1S/C16H16BrNO2S/c1-11-3-8-15(14(17)9-11)18-16(19)10-21-13-6-4-12(20-2)5-7-13/h3-9H,10H2,1-2H3,(H,18,19). The summed E-state index contributed by atoms with van der Waals surface area (Å²) in [5, 5.41) is 2.90. The van der Waals surface area contributed by atoms with Gasteiger partial charge >= 0.3 is 0 Å². The minimum absolute atomic E-state index is 0.0274. The van der Waals surface area contributed by atoms with E-state index < -0.39 is 0 Å². The molecule has 0 aliphatic carbocycles. The normalized spacial score (nSPS) is 10.2. The highest BCUT2D eigenvalue weighted by molar-refractivity contribution is 9.10. The molecule has 0 unspecified atom stereocenters. The number of amides is 1. The van der Waals surface area contributed by atoms with Crippen molar-refractivity contribution in [2.75, 3.05) is 18.2 Å². The molecule has 2 aromatic carbocycles. The number of anilines is 1. The van der Waals surface area contributed by atoms with Crippen LogP contribution in [-0.2, 0) is 4.79 Å². The van der Waals surface area contributed by atoms with Gasteiger partial charge in [0.25, 0.3) is 0 Å². The number of carbonyl (C=O) groups is 1. The van der Waals surface area contributed by atoms with Crippen molar-refractivity contribution in [3.8, 4) is 5.75 Å². The van der Waals surface area contributed by atoms with Gasteiger partial charge in [0.2, 0.25) is 5.91 Å².